The summed E-state index contributed by atoms with van der Waals surface area (Å²) in [5.74, 6) is 0. The molecular weight excluding hydrogens is 388 g/mol. The summed E-state index contributed by atoms with van der Waals surface area (Å²) in [4.78, 5) is 10.4. The van der Waals surface area contributed by atoms with Gasteiger partial charge in [0.1, 0.15) is 0 Å². The van der Waals surface area contributed by atoms with Crippen molar-refractivity contribution in [2.75, 3.05) is 6.54 Å². The van der Waals surface area contributed by atoms with Crippen LogP contribution in [0, 0.1) is 10.1 Å². The largest absolute Gasteiger partial charge is 0.289 e. The molecule has 0 radical (unpaired) electrons. The van der Waals surface area contributed by atoms with E-state index in [-0.39, 0.29) is 11.4 Å². The van der Waals surface area contributed by atoms with Gasteiger partial charge in [0.05, 0.1) is 34.6 Å². The molecule has 0 spiro atoms. The molecule has 0 fully saturated rings. The lowest BCUT2D eigenvalue weighted by atomic mass is 9.93. The van der Waals surface area contributed by atoms with E-state index in [9.17, 15) is 18.5 Å². The van der Waals surface area contributed by atoms with Crippen LogP contribution in [0.3, 0.4) is 0 Å². The van der Waals surface area contributed by atoms with Crippen molar-refractivity contribution in [1.29, 1.82) is 0 Å². The number of fused-ring (bicyclic) bond motifs is 1. The fourth-order valence-corrected chi connectivity index (χ4v) is 5.54. The average molecular weight is 402 g/mol. The molecule has 0 saturated carbocycles. The highest BCUT2D eigenvalue weighted by molar-refractivity contribution is 7.89. The van der Waals surface area contributed by atoms with Gasteiger partial charge in [-0.15, -0.1) is 0 Å². The summed E-state index contributed by atoms with van der Waals surface area (Å²) in [5.41, 5.74) is 1.92. The smallest absolute Gasteiger partial charge is 0.258 e. The minimum atomic E-state index is -4.13. The molecule has 0 N–H and O–H groups in total. The van der Waals surface area contributed by atoms with Gasteiger partial charge in [-0.1, -0.05) is 36.4 Å². The van der Waals surface area contributed by atoms with Gasteiger partial charge < -0.3 is 0 Å². The van der Waals surface area contributed by atoms with E-state index in [1.807, 2.05) is 24.3 Å². The molecule has 2 heterocycles. The predicted molar refractivity (Wildman–Crippen MR) is 98.9 cm³/mol. The first-order valence-corrected chi connectivity index (χ1v) is 10.3. The normalized spacial score (nSPS) is 17.4. The molecule has 1 unspecified atom stereocenters. The second-order valence-electron chi connectivity index (χ2n) is 6.02. The second kappa shape index (κ2) is 6.80. The second-order valence-corrected chi connectivity index (χ2v) is 8.44. The minimum Gasteiger partial charge on any atom is -0.258 e. The van der Waals surface area contributed by atoms with E-state index in [2.05, 4.69) is 8.75 Å². The van der Waals surface area contributed by atoms with Crippen LogP contribution in [-0.2, 0) is 16.4 Å². The summed E-state index contributed by atoms with van der Waals surface area (Å²) in [7, 11) is -4.13. The Labute approximate surface area is 159 Å². The molecule has 10 heteroatoms. The summed E-state index contributed by atoms with van der Waals surface area (Å²) in [6.07, 6.45) is 2.06. The van der Waals surface area contributed by atoms with Gasteiger partial charge >= 0.3 is 0 Å². The molecule has 0 saturated heterocycles. The van der Waals surface area contributed by atoms with Crippen molar-refractivity contribution < 1.29 is 13.3 Å². The van der Waals surface area contributed by atoms with Crippen LogP contribution in [0.25, 0.3) is 0 Å². The fourth-order valence-electron chi connectivity index (χ4n) is 3.35. The molecule has 3 aromatic rings. The summed E-state index contributed by atoms with van der Waals surface area (Å²) < 4.78 is 36.3. The van der Waals surface area contributed by atoms with Crippen molar-refractivity contribution in [1.82, 2.24) is 13.1 Å². The van der Waals surface area contributed by atoms with Gasteiger partial charge in [-0.3, -0.25) is 10.1 Å². The molecule has 2 aromatic carbocycles. The van der Waals surface area contributed by atoms with Crippen molar-refractivity contribution in [3.05, 3.63) is 81.7 Å². The summed E-state index contributed by atoms with van der Waals surface area (Å²) in [6, 6.07) is 12.3. The van der Waals surface area contributed by atoms with Gasteiger partial charge in [-0.05, 0) is 23.6 Å². The Bertz CT molecular complexity index is 1100. The highest BCUT2D eigenvalue weighted by Gasteiger charge is 2.41. The van der Waals surface area contributed by atoms with Crippen molar-refractivity contribution >= 4 is 27.4 Å². The Morgan fingerprint density at radius 1 is 1.15 bits per heavy atom. The Hall–Kier alpha value is -2.69. The molecule has 1 atom stereocenters. The van der Waals surface area contributed by atoms with Gasteiger partial charge in [-0.2, -0.15) is 13.1 Å². The van der Waals surface area contributed by atoms with Gasteiger partial charge in [0.15, 0.2) is 4.90 Å². The number of sulfonamides is 1. The Morgan fingerprint density at radius 3 is 2.63 bits per heavy atom. The maximum atomic E-state index is 13.4. The summed E-state index contributed by atoms with van der Waals surface area (Å²) in [6.45, 7) is 0.202. The Balaban J connectivity index is 1.89. The SMILES string of the molecule is O=[N+]([O-])c1ccccc1S(=O)(=O)N1CCc2ccccc2C1c1cnsn1. The highest BCUT2D eigenvalue weighted by Crippen LogP contribution is 2.39. The summed E-state index contributed by atoms with van der Waals surface area (Å²) in [5, 5.41) is 11.4. The van der Waals surface area contributed by atoms with Crippen molar-refractivity contribution in [2.45, 2.75) is 17.4 Å². The number of hydrogen-bond acceptors (Lipinski definition) is 7. The average Bonchev–Trinajstić information content (AvgIpc) is 3.21. The van der Waals surface area contributed by atoms with Crippen molar-refractivity contribution in [3.8, 4) is 0 Å². The number of rotatable bonds is 4. The molecule has 1 aromatic heterocycles. The molecule has 8 nitrogen and oxygen atoms in total. The molecule has 1 aliphatic rings. The van der Waals surface area contributed by atoms with Crippen LogP contribution in [-0.4, -0.2) is 32.9 Å². The Kier molecular flexibility index (Phi) is 4.46. The lowest BCUT2D eigenvalue weighted by Crippen LogP contribution is -2.40. The number of aromatic nitrogens is 2. The van der Waals surface area contributed by atoms with Crippen LogP contribution in [0.2, 0.25) is 0 Å². The first-order valence-electron chi connectivity index (χ1n) is 8.10. The number of para-hydroxylation sites is 1. The van der Waals surface area contributed by atoms with E-state index in [1.165, 1.54) is 28.6 Å². The first kappa shape index (κ1) is 17.7. The van der Waals surface area contributed by atoms with E-state index in [4.69, 9.17) is 0 Å². The molecular formula is C17H14N4O4S2. The molecule has 27 heavy (non-hydrogen) atoms. The monoisotopic (exact) mass is 402 g/mol. The van der Waals surface area contributed by atoms with E-state index >= 15 is 0 Å². The zero-order valence-electron chi connectivity index (χ0n) is 13.9. The number of nitro groups is 1. The van der Waals surface area contributed by atoms with Gasteiger partial charge in [-0.25, -0.2) is 8.42 Å². The molecule has 138 valence electrons. The van der Waals surface area contributed by atoms with E-state index in [1.54, 1.807) is 6.20 Å². The number of nitrogens with zero attached hydrogens (tertiary/aromatic N) is 4. The Morgan fingerprint density at radius 2 is 1.89 bits per heavy atom. The van der Waals surface area contributed by atoms with Gasteiger partial charge in [0, 0.05) is 12.6 Å². The van der Waals surface area contributed by atoms with Crippen LogP contribution in [0.4, 0.5) is 5.69 Å². The maximum absolute atomic E-state index is 13.4. The van der Waals surface area contributed by atoms with Crippen LogP contribution in [0.1, 0.15) is 22.9 Å². The lowest BCUT2D eigenvalue weighted by molar-refractivity contribution is -0.387. The van der Waals surface area contributed by atoms with E-state index in [0.717, 1.165) is 22.9 Å². The highest BCUT2D eigenvalue weighted by atomic mass is 32.2. The molecule has 0 amide bonds. The molecule has 0 bridgehead atoms. The van der Waals surface area contributed by atoms with E-state index in [0.29, 0.717) is 12.1 Å². The van der Waals surface area contributed by atoms with Crippen LogP contribution in [0.5, 0.6) is 0 Å². The molecule has 0 aliphatic carbocycles. The molecule has 4 rings (SSSR count). The predicted octanol–water partition coefficient (Wildman–Crippen LogP) is 2.78. The number of hydrogen-bond donors (Lipinski definition) is 0. The fraction of sp³-hybridized carbons (Fsp3) is 0.176. The number of nitro benzene ring substituents is 1. The zero-order chi connectivity index (χ0) is 19.0. The third kappa shape index (κ3) is 3.01. The third-order valence-corrected chi connectivity index (χ3v) is 6.95. The number of benzene rings is 2. The summed E-state index contributed by atoms with van der Waals surface area (Å²) >= 11 is 0.995. The first-order chi connectivity index (χ1) is 13.0. The van der Waals surface area contributed by atoms with Crippen LogP contribution in [0.15, 0.2) is 59.6 Å². The standard InChI is InChI=1S/C17H14N4O4S2/c22-21(23)15-7-3-4-8-16(15)27(24,25)20-10-9-12-5-1-2-6-13(12)17(20)14-11-18-26-19-14/h1-8,11,17H,9-10H2. The van der Waals surface area contributed by atoms with Crippen LogP contribution < -0.4 is 0 Å². The zero-order valence-corrected chi connectivity index (χ0v) is 15.6. The van der Waals surface area contributed by atoms with Crippen molar-refractivity contribution in [2.24, 2.45) is 0 Å². The molecule has 1 aliphatic heterocycles. The lowest BCUT2D eigenvalue weighted by Gasteiger charge is -2.35. The van der Waals surface area contributed by atoms with Crippen molar-refractivity contribution in [3.63, 3.8) is 0 Å². The van der Waals surface area contributed by atoms with Gasteiger partial charge in [0.25, 0.3) is 15.7 Å². The third-order valence-electron chi connectivity index (χ3n) is 4.55. The van der Waals surface area contributed by atoms with E-state index < -0.39 is 26.7 Å². The topological polar surface area (TPSA) is 106 Å². The maximum Gasteiger partial charge on any atom is 0.289 e. The van der Waals surface area contributed by atoms with Gasteiger partial charge in [0.2, 0.25) is 0 Å². The minimum absolute atomic E-state index is 0.202. The quantitative estimate of drug-likeness (QED) is 0.491. The van der Waals surface area contributed by atoms with Crippen LogP contribution >= 0.6 is 11.7 Å².